The average molecular weight is 776 g/mol. The number of rotatable bonds is 15. The highest BCUT2D eigenvalue weighted by Gasteiger charge is 2.35. The third kappa shape index (κ3) is 9.75. The van der Waals surface area contributed by atoms with Gasteiger partial charge in [0.2, 0.25) is 11.8 Å². The molecule has 4 aromatic rings. The Morgan fingerprint density at radius 1 is 0.875 bits per heavy atom. The minimum Gasteiger partial charge on any atom is -0.494 e. The average Bonchev–Trinajstić information content (AvgIpc) is 3.06. The van der Waals surface area contributed by atoms with Crippen molar-refractivity contribution in [2.24, 2.45) is 5.92 Å². The Hall–Kier alpha value is -3.57. The smallest absolute Gasteiger partial charge is 0.264 e. The van der Waals surface area contributed by atoms with E-state index in [-0.39, 0.29) is 35.4 Å². The van der Waals surface area contributed by atoms with Crippen LogP contribution < -0.4 is 14.4 Å². The van der Waals surface area contributed by atoms with E-state index in [4.69, 9.17) is 27.9 Å². The molecule has 2 amide bonds. The van der Waals surface area contributed by atoms with Gasteiger partial charge in [-0.2, -0.15) is 0 Å². The zero-order valence-electron chi connectivity index (χ0n) is 26.9. The fourth-order valence-electron chi connectivity index (χ4n) is 4.97. The predicted molar refractivity (Wildman–Crippen MR) is 195 cm³/mol. The van der Waals surface area contributed by atoms with Crippen LogP contribution in [0.1, 0.15) is 31.9 Å². The number of anilines is 1. The quantitative estimate of drug-likeness (QED) is 0.133. The van der Waals surface area contributed by atoms with Crippen molar-refractivity contribution in [3.05, 3.63) is 123 Å². The number of nitrogens with zero attached hydrogens (tertiary/aromatic N) is 2. The van der Waals surface area contributed by atoms with Crippen molar-refractivity contribution in [1.29, 1.82) is 0 Å². The van der Waals surface area contributed by atoms with Gasteiger partial charge >= 0.3 is 0 Å². The summed E-state index contributed by atoms with van der Waals surface area (Å²) < 4.78 is 35.8. The van der Waals surface area contributed by atoms with Gasteiger partial charge in [-0.15, -0.1) is 0 Å². The summed E-state index contributed by atoms with van der Waals surface area (Å²) in [5.74, 6) is -0.304. The van der Waals surface area contributed by atoms with Crippen LogP contribution in [0.4, 0.5) is 5.69 Å². The summed E-state index contributed by atoms with van der Waals surface area (Å²) in [6.07, 6.45) is 0.168. The number of hydrogen-bond acceptors (Lipinski definition) is 5. The highest BCUT2D eigenvalue weighted by molar-refractivity contribution is 9.10. The fourth-order valence-corrected chi connectivity index (χ4v) is 7.16. The van der Waals surface area contributed by atoms with Crippen molar-refractivity contribution in [2.75, 3.05) is 24.0 Å². The van der Waals surface area contributed by atoms with Crippen molar-refractivity contribution in [3.8, 4) is 5.75 Å². The maximum atomic E-state index is 14.7. The van der Waals surface area contributed by atoms with E-state index in [0.29, 0.717) is 39.0 Å². The molecule has 0 aliphatic rings. The van der Waals surface area contributed by atoms with Crippen molar-refractivity contribution >= 4 is 66.7 Å². The molecule has 48 heavy (non-hydrogen) atoms. The van der Waals surface area contributed by atoms with Crippen molar-refractivity contribution in [1.82, 2.24) is 10.2 Å². The Labute approximate surface area is 301 Å². The molecule has 0 fully saturated rings. The lowest BCUT2D eigenvalue weighted by atomic mass is 10.0. The summed E-state index contributed by atoms with van der Waals surface area (Å²) in [4.78, 5) is 30.0. The van der Waals surface area contributed by atoms with E-state index in [9.17, 15) is 18.0 Å². The van der Waals surface area contributed by atoms with Gasteiger partial charge in [0.25, 0.3) is 10.0 Å². The van der Waals surface area contributed by atoms with E-state index in [2.05, 4.69) is 21.2 Å². The van der Waals surface area contributed by atoms with E-state index in [0.717, 1.165) is 9.87 Å². The Bertz CT molecular complexity index is 1770. The topological polar surface area (TPSA) is 96.0 Å². The number of ether oxygens (including phenoxy) is 1. The Balaban J connectivity index is 1.83. The molecule has 1 unspecified atom stereocenters. The molecule has 0 radical (unpaired) electrons. The van der Waals surface area contributed by atoms with Crippen molar-refractivity contribution < 1.29 is 22.7 Å². The van der Waals surface area contributed by atoms with E-state index < -0.39 is 28.5 Å². The number of halogens is 3. The standard InChI is InChI=1S/C36H38BrCl2N3O5S/c1-4-47-29-17-15-28(16-18-29)42(48(45,46)30-19-13-27(37)14-20-30)24-35(43)41(23-31-32(38)11-8-12-33(31)39)34(36(44)40-22-25(2)3)21-26-9-6-5-7-10-26/h5-20,25,34H,4,21-24H2,1-3H3,(H,40,44). The van der Waals surface area contributed by atoms with E-state index >= 15 is 0 Å². The highest BCUT2D eigenvalue weighted by atomic mass is 79.9. The molecule has 0 heterocycles. The first-order valence-corrected chi connectivity index (χ1v) is 18.4. The fraction of sp³-hybridized carbons (Fsp3) is 0.278. The van der Waals surface area contributed by atoms with Crippen LogP contribution in [0.5, 0.6) is 5.75 Å². The lowest BCUT2D eigenvalue weighted by Crippen LogP contribution is -2.53. The number of benzene rings is 4. The SMILES string of the molecule is CCOc1ccc(N(CC(=O)N(Cc2c(Cl)cccc2Cl)C(Cc2ccccc2)C(=O)NCC(C)C)S(=O)(=O)c2ccc(Br)cc2)cc1. The maximum Gasteiger partial charge on any atom is 0.264 e. The number of carbonyl (C=O) groups is 2. The minimum atomic E-state index is -4.27. The molecule has 0 spiro atoms. The zero-order valence-corrected chi connectivity index (χ0v) is 30.8. The summed E-state index contributed by atoms with van der Waals surface area (Å²) in [5, 5.41) is 3.59. The van der Waals surface area contributed by atoms with Crippen LogP contribution in [-0.4, -0.2) is 50.9 Å². The zero-order chi connectivity index (χ0) is 34.8. The predicted octanol–water partition coefficient (Wildman–Crippen LogP) is 7.76. The van der Waals surface area contributed by atoms with Crippen LogP contribution in [0.25, 0.3) is 0 Å². The van der Waals surface area contributed by atoms with Crippen molar-refractivity contribution in [3.63, 3.8) is 0 Å². The summed E-state index contributed by atoms with van der Waals surface area (Å²) in [7, 11) is -4.27. The summed E-state index contributed by atoms with van der Waals surface area (Å²) >= 11 is 16.5. The molecule has 4 aromatic carbocycles. The normalized spacial score (nSPS) is 12.0. The van der Waals surface area contributed by atoms with Crippen molar-refractivity contribution in [2.45, 2.75) is 44.7 Å². The molecule has 0 aliphatic carbocycles. The van der Waals surface area contributed by atoms with Gasteiger partial charge in [0.05, 0.1) is 17.2 Å². The summed E-state index contributed by atoms with van der Waals surface area (Å²) in [6, 6.07) is 25.9. The Morgan fingerprint density at radius 2 is 1.50 bits per heavy atom. The van der Waals surface area contributed by atoms with Gasteiger partial charge in [0, 0.05) is 39.6 Å². The number of sulfonamides is 1. The number of amides is 2. The number of carbonyl (C=O) groups excluding carboxylic acids is 2. The third-order valence-corrected chi connectivity index (χ3v) is 10.5. The molecule has 0 aromatic heterocycles. The van der Waals surface area contributed by atoms with E-state index in [1.165, 1.54) is 17.0 Å². The second kappa shape index (κ2) is 17.2. The first-order chi connectivity index (χ1) is 22.9. The van der Waals surface area contributed by atoms with Gasteiger partial charge in [-0.05, 0) is 79.1 Å². The maximum absolute atomic E-state index is 14.7. The molecule has 12 heteroatoms. The second-order valence-electron chi connectivity index (χ2n) is 11.5. The van der Waals surface area contributed by atoms with Crippen LogP contribution >= 0.6 is 39.1 Å². The van der Waals surface area contributed by atoms with Crippen LogP contribution in [0.15, 0.2) is 106 Å². The van der Waals surface area contributed by atoms with Crippen LogP contribution in [-0.2, 0) is 32.6 Å². The largest absolute Gasteiger partial charge is 0.494 e. The van der Waals surface area contributed by atoms with Gasteiger partial charge in [0.1, 0.15) is 18.3 Å². The molecule has 0 saturated heterocycles. The van der Waals surface area contributed by atoms with Gasteiger partial charge in [-0.3, -0.25) is 13.9 Å². The number of nitrogens with one attached hydrogen (secondary N) is 1. The van der Waals surface area contributed by atoms with Crippen LogP contribution in [0.2, 0.25) is 10.0 Å². The van der Waals surface area contributed by atoms with Gasteiger partial charge in [0.15, 0.2) is 0 Å². The van der Waals surface area contributed by atoms with Gasteiger partial charge in [-0.25, -0.2) is 8.42 Å². The third-order valence-electron chi connectivity index (χ3n) is 7.46. The molecule has 254 valence electrons. The Morgan fingerprint density at radius 3 is 2.08 bits per heavy atom. The molecule has 0 aliphatic heterocycles. The van der Waals surface area contributed by atoms with Gasteiger partial charge in [-0.1, -0.05) is 89.4 Å². The lowest BCUT2D eigenvalue weighted by Gasteiger charge is -2.34. The monoisotopic (exact) mass is 773 g/mol. The lowest BCUT2D eigenvalue weighted by molar-refractivity contribution is -0.140. The van der Waals surface area contributed by atoms with Crippen LogP contribution in [0.3, 0.4) is 0 Å². The molecule has 8 nitrogen and oxygen atoms in total. The van der Waals surface area contributed by atoms with E-state index in [1.807, 2.05) is 51.1 Å². The molecule has 0 bridgehead atoms. The summed E-state index contributed by atoms with van der Waals surface area (Å²) in [6.45, 7) is 5.85. The van der Waals surface area contributed by atoms with E-state index in [1.54, 1.807) is 54.6 Å². The second-order valence-corrected chi connectivity index (χ2v) is 15.1. The Kier molecular flexibility index (Phi) is 13.3. The number of hydrogen-bond donors (Lipinski definition) is 1. The highest BCUT2D eigenvalue weighted by Crippen LogP contribution is 2.30. The van der Waals surface area contributed by atoms with Crippen LogP contribution in [0, 0.1) is 5.92 Å². The molecule has 0 saturated carbocycles. The summed E-state index contributed by atoms with van der Waals surface area (Å²) in [5.41, 5.74) is 1.50. The molecule has 1 N–H and O–H groups in total. The first-order valence-electron chi connectivity index (χ1n) is 15.5. The van der Waals surface area contributed by atoms with Gasteiger partial charge < -0.3 is 15.0 Å². The minimum absolute atomic E-state index is 0.0106. The molecular formula is C36H38BrCl2N3O5S. The molecule has 1 atom stereocenters. The first kappa shape index (κ1) is 37.3. The molecule has 4 rings (SSSR count). The molecular weight excluding hydrogens is 737 g/mol.